The highest BCUT2D eigenvalue weighted by Crippen LogP contribution is 2.27. The van der Waals surface area contributed by atoms with Crippen LogP contribution in [0.5, 0.6) is 0 Å². The molecule has 1 aliphatic rings. The summed E-state index contributed by atoms with van der Waals surface area (Å²) in [6, 6.07) is 6.17. The molecule has 0 unspecified atom stereocenters. The normalized spacial score (nSPS) is 16.6. The van der Waals surface area contributed by atoms with E-state index in [-0.39, 0.29) is 5.69 Å². The largest absolute Gasteiger partial charge is 0.480 e. The third kappa shape index (κ3) is 3.87. The third-order valence-corrected chi connectivity index (χ3v) is 5.78. The number of hydrogen-bond acceptors (Lipinski definition) is 4. The van der Waals surface area contributed by atoms with Gasteiger partial charge in [0.2, 0.25) is 10.0 Å². The van der Waals surface area contributed by atoms with E-state index in [1.165, 1.54) is 12.1 Å². The summed E-state index contributed by atoms with van der Waals surface area (Å²) in [5, 5.41) is 8.73. The Balaban J connectivity index is 2.37. The number of carbonyl (C=O) groups is 1. The molecule has 0 aromatic heterocycles. The predicted octanol–water partition coefficient (Wildman–Crippen LogP) is 1.74. The predicted molar refractivity (Wildman–Crippen MR) is 79.2 cm³/mol. The summed E-state index contributed by atoms with van der Waals surface area (Å²) in [5.74, 6) is -1.22. The van der Waals surface area contributed by atoms with Gasteiger partial charge >= 0.3 is 5.97 Å². The van der Waals surface area contributed by atoms with Crippen LogP contribution in [0, 0.1) is 0 Å². The molecule has 1 N–H and O–H groups in total. The van der Waals surface area contributed by atoms with Gasteiger partial charge in [0.1, 0.15) is 6.54 Å². The number of carboxylic acids is 1. The zero-order valence-corrected chi connectivity index (χ0v) is 12.8. The van der Waals surface area contributed by atoms with Crippen molar-refractivity contribution >= 4 is 33.3 Å². The van der Waals surface area contributed by atoms with Crippen LogP contribution in [-0.2, 0) is 19.6 Å². The Morgan fingerprint density at radius 1 is 1.38 bits per heavy atom. The zero-order valence-electron chi connectivity index (χ0n) is 11.2. The smallest absolute Gasteiger partial charge is 0.324 e. The second kappa shape index (κ2) is 6.64. The lowest BCUT2D eigenvalue weighted by atomic mass is 10.2. The Hall–Kier alpha value is -1.31. The lowest BCUT2D eigenvalue weighted by Crippen LogP contribution is -2.44. The van der Waals surface area contributed by atoms with Gasteiger partial charge < -0.3 is 9.84 Å². The Kier molecular flexibility index (Phi) is 5.08. The second-order valence-corrected chi connectivity index (χ2v) is 7.31. The molecule has 1 aliphatic heterocycles. The standard InChI is InChI=1S/C13H16ClNO5S/c14-10-2-1-3-11(8-10)15(9-13(16)17)21(18,19)12-4-6-20-7-5-12/h1-3,8,12H,4-7,9H2,(H,16,17). The molecule has 0 saturated carbocycles. The average Bonchev–Trinajstić information content (AvgIpc) is 2.45. The van der Waals surface area contributed by atoms with Crippen molar-refractivity contribution in [2.24, 2.45) is 0 Å². The van der Waals surface area contributed by atoms with Crippen molar-refractivity contribution in [3.8, 4) is 0 Å². The van der Waals surface area contributed by atoms with Gasteiger partial charge in [-0.15, -0.1) is 0 Å². The van der Waals surface area contributed by atoms with Gasteiger partial charge in [-0.3, -0.25) is 9.10 Å². The van der Waals surface area contributed by atoms with E-state index in [0.717, 1.165) is 4.31 Å². The Morgan fingerprint density at radius 3 is 2.62 bits per heavy atom. The number of nitrogens with zero attached hydrogens (tertiary/aromatic N) is 1. The van der Waals surface area contributed by atoms with E-state index in [1.54, 1.807) is 12.1 Å². The molecule has 0 aliphatic carbocycles. The molecular weight excluding hydrogens is 318 g/mol. The molecule has 2 rings (SSSR count). The molecule has 1 aromatic carbocycles. The molecule has 0 atom stereocenters. The lowest BCUT2D eigenvalue weighted by Gasteiger charge is -2.30. The minimum absolute atomic E-state index is 0.261. The Morgan fingerprint density at radius 2 is 2.05 bits per heavy atom. The Labute approximate surface area is 128 Å². The highest BCUT2D eigenvalue weighted by Gasteiger charge is 2.34. The van der Waals surface area contributed by atoms with Crippen molar-refractivity contribution in [2.75, 3.05) is 24.1 Å². The molecule has 6 nitrogen and oxygen atoms in total. The van der Waals surface area contributed by atoms with Gasteiger partial charge in [-0.05, 0) is 31.0 Å². The fraction of sp³-hybridized carbons (Fsp3) is 0.462. The number of anilines is 1. The van der Waals surface area contributed by atoms with Crippen molar-refractivity contribution in [3.05, 3.63) is 29.3 Å². The van der Waals surface area contributed by atoms with E-state index in [1.807, 2.05) is 0 Å². The van der Waals surface area contributed by atoms with Gasteiger partial charge in [0.25, 0.3) is 0 Å². The summed E-state index contributed by atoms with van der Waals surface area (Å²) in [6.45, 7) is 0.0980. The maximum absolute atomic E-state index is 12.7. The number of aliphatic carboxylic acids is 1. The van der Waals surface area contributed by atoms with Crippen LogP contribution in [0.25, 0.3) is 0 Å². The summed E-state index contributed by atoms with van der Waals surface area (Å²) >= 11 is 5.87. The summed E-state index contributed by atoms with van der Waals surface area (Å²) < 4.78 is 31.5. The first kappa shape index (κ1) is 16.1. The lowest BCUT2D eigenvalue weighted by molar-refractivity contribution is -0.135. The maximum atomic E-state index is 12.7. The van der Waals surface area contributed by atoms with Crippen molar-refractivity contribution < 1.29 is 23.1 Å². The van der Waals surface area contributed by atoms with Crippen molar-refractivity contribution in [1.82, 2.24) is 0 Å². The molecule has 0 amide bonds. The highest BCUT2D eigenvalue weighted by molar-refractivity contribution is 7.93. The molecule has 1 aromatic rings. The van der Waals surface area contributed by atoms with Crippen LogP contribution in [0.4, 0.5) is 5.69 Å². The SMILES string of the molecule is O=C(O)CN(c1cccc(Cl)c1)S(=O)(=O)C1CCOCC1. The van der Waals surface area contributed by atoms with Crippen LogP contribution >= 0.6 is 11.6 Å². The van der Waals surface area contributed by atoms with Gasteiger partial charge in [-0.25, -0.2) is 8.42 Å². The first-order chi connectivity index (χ1) is 9.91. The summed E-state index contributed by atoms with van der Waals surface area (Å²) in [4.78, 5) is 11.0. The van der Waals surface area contributed by atoms with E-state index in [0.29, 0.717) is 31.1 Å². The van der Waals surface area contributed by atoms with Crippen LogP contribution in [0.2, 0.25) is 5.02 Å². The highest BCUT2D eigenvalue weighted by atomic mass is 35.5. The molecule has 116 valence electrons. The number of sulfonamides is 1. The van der Waals surface area contributed by atoms with Crippen molar-refractivity contribution in [3.63, 3.8) is 0 Å². The van der Waals surface area contributed by atoms with E-state index in [9.17, 15) is 13.2 Å². The number of benzene rings is 1. The minimum Gasteiger partial charge on any atom is -0.480 e. The van der Waals surface area contributed by atoms with E-state index in [4.69, 9.17) is 21.4 Å². The van der Waals surface area contributed by atoms with Crippen molar-refractivity contribution in [1.29, 1.82) is 0 Å². The first-order valence-electron chi connectivity index (χ1n) is 6.48. The van der Waals surface area contributed by atoms with Crippen molar-refractivity contribution in [2.45, 2.75) is 18.1 Å². The zero-order chi connectivity index (χ0) is 15.5. The maximum Gasteiger partial charge on any atom is 0.324 e. The molecular formula is C13H16ClNO5S. The minimum atomic E-state index is -3.78. The molecule has 1 saturated heterocycles. The molecule has 1 heterocycles. The van der Waals surface area contributed by atoms with Gasteiger partial charge in [-0.2, -0.15) is 0 Å². The van der Waals surface area contributed by atoms with Crippen LogP contribution in [0.15, 0.2) is 24.3 Å². The Bertz CT molecular complexity index is 613. The van der Waals surface area contributed by atoms with Gasteiger partial charge in [0.15, 0.2) is 0 Å². The third-order valence-electron chi connectivity index (χ3n) is 3.27. The first-order valence-corrected chi connectivity index (χ1v) is 8.36. The van der Waals surface area contributed by atoms with Gasteiger partial charge in [0, 0.05) is 18.2 Å². The number of ether oxygens (including phenoxy) is 1. The molecule has 0 spiro atoms. The van der Waals surface area contributed by atoms with E-state index in [2.05, 4.69) is 0 Å². The van der Waals surface area contributed by atoms with Crippen LogP contribution < -0.4 is 4.31 Å². The topological polar surface area (TPSA) is 83.9 Å². The number of rotatable bonds is 5. The van der Waals surface area contributed by atoms with Crippen LogP contribution in [-0.4, -0.2) is 44.5 Å². The monoisotopic (exact) mass is 333 g/mol. The molecule has 21 heavy (non-hydrogen) atoms. The second-order valence-electron chi connectivity index (χ2n) is 4.74. The van der Waals surface area contributed by atoms with E-state index >= 15 is 0 Å². The van der Waals surface area contributed by atoms with Gasteiger partial charge in [0.05, 0.1) is 10.9 Å². The van der Waals surface area contributed by atoms with Gasteiger partial charge in [-0.1, -0.05) is 17.7 Å². The molecule has 8 heteroatoms. The number of carboxylic acid groups (broad SMARTS) is 1. The fourth-order valence-corrected chi connectivity index (χ4v) is 4.27. The summed E-state index contributed by atoms with van der Waals surface area (Å²) in [5.41, 5.74) is 0.261. The molecule has 0 radical (unpaired) electrons. The van der Waals surface area contributed by atoms with Crippen LogP contribution in [0.3, 0.4) is 0 Å². The summed E-state index contributed by atoms with van der Waals surface area (Å²) in [7, 11) is -3.78. The average molecular weight is 334 g/mol. The molecule has 1 fully saturated rings. The van der Waals surface area contributed by atoms with E-state index < -0.39 is 27.8 Å². The number of halogens is 1. The fourth-order valence-electron chi connectivity index (χ4n) is 2.24. The quantitative estimate of drug-likeness (QED) is 0.887. The number of hydrogen-bond donors (Lipinski definition) is 1. The van der Waals surface area contributed by atoms with Crippen LogP contribution in [0.1, 0.15) is 12.8 Å². The molecule has 0 bridgehead atoms. The summed E-state index contributed by atoms with van der Waals surface area (Å²) in [6.07, 6.45) is 0.720.